The molecule has 0 aliphatic heterocycles. The number of unbranched alkanes of at least 4 members (excludes halogenated alkanes) is 4. The fourth-order valence-electron chi connectivity index (χ4n) is 3.23. The number of likely N-dealkylation sites (N-methyl/N-ethyl adjacent to an activating group) is 1. The summed E-state index contributed by atoms with van der Waals surface area (Å²) < 4.78 is 22.6. The molecule has 0 fully saturated rings. The summed E-state index contributed by atoms with van der Waals surface area (Å²) in [6, 6.07) is -0.895. The van der Waals surface area contributed by atoms with Crippen LogP contribution < -0.4 is 10.2 Å². The van der Waals surface area contributed by atoms with E-state index in [0.717, 1.165) is 51.4 Å². The molecule has 3 unspecified atom stereocenters. The Bertz CT molecular complexity index is 774. The second-order valence-corrected chi connectivity index (χ2v) is 11.8. The average Bonchev–Trinajstić information content (AvgIpc) is 2.83. The Balaban J connectivity index is 4.49. The minimum absolute atomic E-state index is 0.0111. The number of aliphatic hydroxyl groups excluding tert-OH is 1. The van der Waals surface area contributed by atoms with Crippen LogP contribution in [0.1, 0.15) is 78.1 Å². The predicted octanol–water partition coefficient (Wildman–Crippen LogP) is 5.21. The molecular weight excluding hydrogens is 503 g/mol. The van der Waals surface area contributed by atoms with Crippen molar-refractivity contribution in [2.45, 2.75) is 90.2 Å². The van der Waals surface area contributed by atoms with Crippen LogP contribution in [0.2, 0.25) is 0 Å². The molecule has 2 N–H and O–H groups in total. The number of nitrogens with zero attached hydrogens (tertiary/aromatic N) is 1. The van der Waals surface area contributed by atoms with E-state index in [0.29, 0.717) is 23.9 Å². The van der Waals surface area contributed by atoms with E-state index in [9.17, 15) is 19.4 Å². The molecule has 0 aromatic heterocycles. The summed E-state index contributed by atoms with van der Waals surface area (Å²) in [5.41, 5.74) is 0. The van der Waals surface area contributed by atoms with Gasteiger partial charge in [0.1, 0.15) is 13.2 Å². The maximum atomic E-state index is 12.5. The van der Waals surface area contributed by atoms with Crippen molar-refractivity contribution in [3.63, 3.8) is 0 Å². The Morgan fingerprint density at radius 2 is 1.61 bits per heavy atom. The minimum Gasteiger partial charge on any atom is -0.756 e. The molecule has 0 aliphatic rings. The van der Waals surface area contributed by atoms with E-state index in [-0.39, 0.29) is 12.5 Å². The maximum absolute atomic E-state index is 12.5. The third kappa shape index (κ3) is 23.6. The monoisotopic (exact) mass is 556 g/mol. The Labute approximate surface area is 231 Å². The van der Waals surface area contributed by atoms with E-state index in [1.807, 2.05) is 34.1 Å². The van der Waals surface area contributed by atoms with Gasteiger partial charge in [0.15, 0.2) is 0 Å². The molecule has 0 aromatic rings. The highest BCUT2D eigenvalue weighted by atomic mass is 31.2. The van der Waals surface area contributed by atoms with E-state index >= 15 is 0 Å². The summed E-state index contributed by atoms with van der Waals surface area (Å²) >= 11 is 0. The number of allylic oxidation sites excluding steroid dienone is 7. The van der Waals surface area contributed by atoms with E-state index in [1.165, 1.54) is 0 Å². The zero-order valence-electron chi connectivity index (χ0n) is 24.3. The molecule has 220 valence electrons. The molecule has 0 radical (unpaired) electrons. The molecule has 0 bridgehead atoms. The predicted molar refractivity (Wildman–Crippen MR) is 154 cm³/mol. The van der Waals surface area contributed by atoms with Crippen molar-refractivity contribution in [3.05, 3.63) is 48.6 Å². The van der Waals surface area contributed by atoms with Crippen molar-refractivity contribution in [2.75, 3.05) is 40.9 Å². The second kappa shape index (κ2) is 22.3. The average molecular weight is 557 g/mol. The zero-order valence-corrected chi connectivity index (χ0v) is 25.2. The van der Waals surface area contributed by atoms with Crippen LogP contribution >= 0.6 is 7.82 Å². The first-order chi connectivity index (χ1) is 18.0. The summed E-state index contributed by atoms with van der Waals surface area (Å²) in [7, 11) is 1.22. The molecule has 3 atom stereocenters. The topological polar surface area (TPSA) is 108 Å². The number of aliphatic hydroxyl groups is 1. The van der Waals surface area contributed by atoms with Crippen molar-refractivity contribution >= 4 is 13.7 Å². The standard InChI is InChI=1S/C29H53N2O6P/c1-6-8-10-11-12-13-14-15-16-17-18-19-21-23-29(33)30-27(28(32)22-20-9-7-2)26-37-38(34,35)36-25-24-31(3,4)5/h8,10,12-13,15-16,20,22,27-28,32H,6-7,9,11,14,17-19,21,23-26H2,1-5H3,(H-,30,33,34,35)/b10-8-,13-12-,16-15-,22-20+. The van der Waals surface area contributed by atoms with E-state index in [2.05, 4.69) is 48.7 Å². The smallest absolute Gasteiger partial charge is 0.268 e. The van der Waals surface area contributed by atoms with Gasteiger partial charge in [0.25, 0.3) is 7.82 Å². The third-order valence-electron chi connectivity index (χ3n) is 5.53. The van der Waals surface area contributed by atoms with Crippen molar-refractivity contribution in [1.29, 1.82) is 0 Å². The van der Waals surface area contributed by atoms with Gasteiger partial charge in [0, 0.05) is 6.42 Å². The molecule has 9 heteroatoms. The van der Waals surface area contributed by atoms with Crippen LogP contribution in [-0.4, -0.2) is 68.5 Å². The fraction of sp³-hybridized carbons (Fsp3) is 0.690. The molecule has 0 saturated heterocycles. The minimum atomic E-state index is -4.56. The van der Waals surface area contributed by atoms with E-state index < -0.39 is 26.6 Å². The number of hydrogen-bond donors (Lipinski definition) is 2. The van der Waals surface area contributed by atoms with Crippen molar-refractivity contribution in [2.24, 2.45) is 0 Å². The number of carbonyl (C=O) groups is 1. The molecular formula is C29H53N2O6P. The lowest BCUT2D eigenvalue weighted by atomic mass is 10.1. The summed E-state index contributed by atoms with van der Waals surface area (Å²) in [4.78, 5) is 24.6. The Morgan fingerprint density at radius 1 is 0.947 bits per heavy atom. The zero-order chi connectivity index (χ0) is 28.7. The molecule has 38 heavy (non-hydrogen) atoms. The lowest BCUT2D eigenvalue weighted by Crippen LogP contribution is -2.45. The second-order valence-electron chi connectivity index (χ2n) is 10.4. The highest BCUT2D eigenvalue weighted by Gasteiger charge is 2.23. The highest BCUT2D eigenvalue weighted by molar-refractivity contribution is 7.45. The number of phosphoric ester groups is 1. The van der Waals surface area contributed by atoms with Crippen molar-refractivity contribution in [1.82, 2.24) is 5.32 Å². The number of nitrogens with one attached hydrogen (secondary N) is 1. The first-order valence-corrected chi connectivity index (χ1v) is 15.5. The number of rotatable bonds is 23. The lowest BCUT2D eigenvalue weighted by molar-refractivity contribution is -0.870. The maximum Gasteiger partial charge on any atom is 0.268 e. The van der Waals surface area contributed by atoms with Crippen LogP contribution in [0.25, 0.3) is 0 Å². The van der Waals surface area contributed by atoms with Gasteiger partial charge in [-0.3, -0.25) is 9.36 Å². The van der Waals surface area contributed by atoms with Gasteiger partial charge in [-0.25, -0.2) is 0 Å². The highest BCUT2D eigenvalue weighted by Crippen LogP contribution is 2.38. The SMILES string of the molecule is CC/C=C\C/C=C\C/C=C\CCCCCC(=O)NC(COP(=O)([O-])OCC[N+](C)(C)C)C(O)/C=C/CCC. The molecule has 0 rings (SSSR count). The largest absolute Gasteiger partial charge is 0.756 e. The van der Waals surface area contributed by atoms with Crippen LogP contribution in [0.3, 0.4) is 0 Å². The first kappa shape index (κ1) is 36.5. The molecule has 0 saturated carbocycles. The number of quaternary nitrogens is 1. The van der Waals surface area contributed by atoms with Gasteiger partial charge in [-0.2, -0.15) is 0 Å². The van der Waals surface area contributed by atoms with Gasteiger partial charge in [-0.15, -0.1) is 0 Å². The van der Waals surface area contributed by atoms with Gasteiger partial charge in [0.2, 0.25) is 5.91 Å². The number of hydrogen-bond acceptors (Lipinski definition) is 6. The number of amides is 1. The number of phosphoric acid groups is 1. The van der Waals surface area contributed by atoms with E-state index in [1.54, 1.807) is 6.08 Å². The Hall–Kier alpha value is -1.54. The van der Waals surface area contributed by atoms with Gasteiger partial charge in [0.05, 0.1) is 39.9 Å². The lowest BCUT2D eigenvalue weighted by Gasteiger charge is -2.29. The molecule has 0 heterocycles. The Morgan fingerprint density at radius 3 is 2.24 bits per heavy atom. The van der Waals surface area contributed by atoms with Crippen LogP contribution in [0.15, 0.2) is 48.6 Å². The van der Waals surface area contributed by atoms with Crippen LogP contribution in [0.5, 0.6) is 0 Å². The van der Waals surface area contributed by atoms with Crippen LogP contribution in [0, 0.1) is 0 Å². The normalized spacial score (nSPS) is 16.1. The Kier molecular flexibility index (Phi) is 21.4. The van der Waals surface area contributed by atoms with Gasteiger partial charge >= 0.3 is 0 Å². The van der Waals surface area contributed by atoms with Crippen LogP contribution in [0.4, 0.5) is 0 Å². The number of carbonyl (C=O) groups excluding carboxylic acids is 1. The van der Waals surface area contributed by atoms with Crippen molar-refractivity contribution in [3.8, 4) is 0 Å². The summed E-state index contributed by atoms with van der Waals surface area (Å²) in [5, 5.41) is 13.2. The third-order valence-corrected chi connectivity index (χ3v) is 6.49. The molecule has 1 amide bonds. The summed E-state index contributed by atoms with van der Waals surface area (Å²) in [6.07, 6.45) is 23.8. The molecule has 0 aromatic carbocycles. The first-order valence-electron chi connectivity index (χ1n) is 14.0. The van der Waals surface area contributed by atoms with Crippen LogP contribution in [-0.2, 0) is 18.4 Å². The molecule has 0 spiro atoms. The molecule has 8 nitrogen and oxygen atoms in total. The van der Waals surface area contributed by atoms with E-state index in [4.69, 9.17) is 9.05 Å². The molecule has 0 aliphatic carbocycles. The van der Waals surface area contributed by atoms with Crippen molar-refractivity contribution < 1.29 is 32.9 Å². The summed E-state index contributed by atoms with van der Waals surface area (Å²) in [6.45, 7) is 4.22. The summed E-state index contributed by atoms with van der Waals surface area (Å²) in [5.74, 6) is -0.244. The quantitative estimate of drug-likeness (QED) is 0.0775. The van der Waals surface area contributed by atoms with Gasteiger partial charge in [-0.05, 0) is 44.9 Å². The van der Waals surface area contributed by atoms with Gasteiger partial charge in [-0.1, -0.05) is 75.3 Å². The van der Waals surface area contributed by atoms with Gasteiger partial charge < -0.3 is 28.8 Å². The fourth-order valence-corrected chi connectivity index (χ4v) is 3.95.